The highest BCUT2D eigenvalue weighted by atomic mass is 35.5. The normalized spacial score (nSPS) is 17.1. The molecule has 2 rings (SSSR count). The fraction of sp³-hybridized carbons (Fsp3) is 0.364. The highest BCUT2D eigenvalue weighted by Gasteiger charge is 2.28. The van der Waals surface area contributed by atoms with Gasteiger partial charge in [0.1, 0.15) is 5.15 Å². The molecule has 0 aromatic carbocycles. The molecule has 0 spiro atoms. The number of rotatable bonds is 3. The van der Waals surface area contributed by atoms with E-state index in [2.05, 4.69) is 10.3 Å². The Morgan fingerprint density at radius 2 is 2.53 bits per heavy atom. The highest BCUT2D eigenvalue weighted by molar-refractivity contribution is 6.29. The van der Waals surface area contributed by atoms with E-state index in [1.807, 2.05) is 0 Å². The number of pyridine rings is 1. The molecule has 0 radical (unpaired) electrons. The van der Waals surface area contributed by atoms with E-state index in [1.54, 1.807) is 6.07 Å². The van der Waals surface area contributed by atoms with Gasteiger partial charge in [-0.15, -0.1) is 0 Å². The number of hydrogen-bond donors (Lipinski definition) is 1. The predicted molar refractivity (Wildman–Crippen MR) is 62.7 cm³/mol. The summed E-state index contributed by atoms with van der Waals surface area (Å²) in [6, 6.07) is 3.15. The van der Waals surface area contributed by atoms with Crippen molar-refractivity contribution < 1.29 is 13.7 Å². The van der Waals surface area contributed by atoms with Gasteiger partial charge in [0.15, 0.2) is 0 Å². The van der Waals surface area contributed by atoms with Crippen molar-refractivity contribution >= 4 is 23.4 Å². The monoisotopic (exact) mass is 256 g/mol. The summed E-state index contributed by atoms with van der Waals surface area (Å²) >= 11 is 5.75. The quantitative estimate of drug-likeness (QED) is 0.815. The molecule has 0 fully saturated rings. The van der Waals surface area contributed by atoms with Gasteiger partial charge < -0.3 is 10.2 Å². The predicted octanol–water partition coefficient (Wildman–Crippen LogP) is 0.827. The Morgan fingerprint density at radius 3 is 3.29 bits per heavy atom. The third kappa shape index (κ3) is 2.55. The van der Waals surface area contributed by atoms with E-state index in [0.717, 1.165) is 0 Å². The summed E-state index contributed by atoms with van der Waals surface area (Å²) in [5, 5.41) is 2.58. The molecule has 0 atom stereocenters. The van der Waals surface area contributed by atoms with Crippen LogP contribution in [0.3, 0.4) is 0 Å². The molecule has 0 saturated heterocycles. The van der Waals surface area contributed by atoms with Crippen LogP contribution in [0, 0.1) is 0 Å². The van der Waals surface area contributed by atoms with Crippen LogP contribution in [0.4, 0.5) is 0 Å². The summed E-state index contributed by atoms with van der Waals surface area (Å²) < 4.78 is 20.7. The third-order valence-electron chi connectivity index (χ3n) is 2.47. The molecule has 0 bridgehead atoms. The molecular weight excluding hydrogens is 242 g/mol. The lowest BCUT2D eigenvalue weighted by atomic mass is 10.2. The Labute approximate surface area is 108 Å². The second-order valence-electron chi connectivity index (χ2n) is 3.61. The maximum Gasteiger partial charge on any atom is 0.256 e. The average Bonchev–Trinajstić information content (AvgIpc) is 2.64. The van der Waals surface area contributed by atoms with Gasteiger partial charge >= 0.3 is 0 Å². The fourth-order valence-electron chi connectivity index (χ4n) is 1.70. The summed E-state index contributed by atoms with van der Waals surface area (Å²) in [7, 11) is 0. The van der Waals surface area contributed by atoms with Crippen LogP contribution in [0.2, 0.25) is 5.15 Å². The fourth-order valence-corrected chi connectivity index (χ4v) is 1.86. The van der Waals surface area contributed by atoms with Crippen LogP contribution < -0.4 is 5.32 Å². The van der Waals surface area contributed by atoms with Crippen LogP contribution in [0.25, 0.3) is 0 Å². The van der Waals surface area contributed by atoms with Gasteiger partial charge in [-0.3, -0.25) is 9.59 Å². The topological polar surface area (TPSA) is 62.3 Å². The van der Waals surface area contributed by atoms with E-state index in [0.29, 0.717) is 23.0 Å². The zero-order valence-corrected chi connectivity index (χ0v) is 9.62. The Morgan fingerprint density at radius 1 is 1.71 bits per heavy atom. The smallest absolute Gasteiger partial charge is 0.256 e. The van der Waals surface area contributed by atoms with Crippen molar-refractivity contribution in [3.05, 3.63) is 28.5 Å². The number of carbonyl (C=O) groups is 2. The first-order valence-electron chi connectivity index (χ1n) is 6.52. The van der Waals surface area contributed by atoms with Crippen LogP contribution in [-0.4, -0.2) is 34.8 Å². The number of halogens is 1. The first kappa shape index (κ1) is 8.47. The molecular formula is C11H12ClN3O2. The molecule has 1 aliphatic rings. The summed E-state index contributed by atoms with van der Waals surface area (Å²) in [4.78, 5) is 28.7. The Bertz CT molecular complexity index is 562. The van der Waals surface area contributed by atoms with Gasteiger partial charge in [-0.05, 0) is 12.1 Å². The molecule has 2 heterocycles. The lowest BCUT2D eigenvalue weighted by Crippen LogP contribution is -2.34. The van der Waals surface area contributed by atoms with E-state index in [4.69, 9.17) is 15.7 Å². The molecule has 1 aliphatic heterocycles. The zero-order chi connectivity index (χ0) is 14.9. The van der Waals surface area contributed by atoms with Crippen LogP contribution in [0.1, 0.15) is 27.0 Å². The maximum atomic E-state index is 12.0. The first-order valence-corrected chi connectivity index (χ1v) is 5.40. The molecule has 90 valence electrons. The van der Waals surface area contributed by atoms with E-state index in [-0.39, 0.29) is 19.0 Å². The molecule has 0 saturated carbocycles. The standard InChI is InChI=1S/C11H12ClN3O2/c1-7(16)13-4-5-15-6-9-8(11(15)17)2-3-10(12)14-9/h2-3H,4-6H2,1H3,(H,13,16)/i1D3. The van der Waals surface area contributed by atoms with Crippen LogP contribution in [-0.2, 0) is 11.3 Å². The van der Waals surface area contributed by atoms with E-state index < -0.39 is 12.8 Å². The lowest BCUT2D eigenvalue weighted by molar-refractivity contribution is -0.119. The van der Waals surface area contributed by atoms with E-state index >= 15 is 0 Å². The average molecular weight is 257 g/mol. The molecule has 1 aromatic heterocycles. The molecule has 17 heavy (non-hydrogen) atoms. The third-order valence-corrected chi connectivity index (χ3v) is 2.68. The summed E-state index contributed by atoms with van der Waals surface area (Å²) in [6.07, 6.45) is 0. The molecule has 1 aromatic rings. The van der Waals surface area contributed by atoms with Crippen molar-refractivity contribution in [2.45, 2.75) is 13.4 Å². The van der Waals surface area contributed by atoms with Crippen molar-refractivity contribution in [2.24, 2.45) is 0 Å². The van der Waals surface area contributed by atoms with Crippen molar-refractivity contribution in [1.29, 1.82) is 0 Å². The van der Waals surface area contributed by atoms with Crippen molar-refractivity contribution in [3.8, 4) is 0 Å². The second kappa shape index (κ2) is 4.71. The van der Waals surface area contributed by atoms with Gasteiger partial charge in [-0.1, -0.05) is 11.6 Å². The van der Waals surface area contributed by atoms with Gasteiger partial charge in [0.25, 0.3) is 5.91 Å². The van der Waals surface area contributed by atoms with Crippen LogP contribution >= 0.6 is 11.6 Å². The molecule has 1 N–H and O–H groups in total. The molecule has 0 aliphatic carbocycles. The summed E-state index contributed by atoms with van der Waals surface area (Å²) in [6.45, 7) is -2.08. The largest absolute Gasteiger partial charge is 0.355 e. The minimum absolute atomic E-state index is 0.0741. The van der Waals surface area contributed by atoms with Gasteiger partial charge in [0.05, 0.1) is 17.8 Å². The number of carbonyl (C=O) groups excluding carboxylic acids is 2. The van der Waals surface area contributed by atoms with Crippen molar-refractivity contribution in [1.82, 2.24) is 15.2 Å². The molecule has 6 heteroatoms. The number of nitrogens with one attached hydrogen (secondary N) is 1. The van der Waals surface area contributed by atoms with E-state index in [9.17, 15) is 9.59 Å². The first-order chi connectivity index (χ1) is 9.29. The number of hydrogen-bond acceptors (Lipinski definition) is 3. The Hall–Kier alpha value is -1.62. The minimum Gasteiger partial charge on any atom is -0.355 e. The van der Waals surface area contributed by atoms with Crippen molar-refractivity contribution in [3.63, 3.8) is 0 Å². The number of amides is 2. The highest BCUT2D eigenvalue weighted by Crippen LogP contribution is 2.22. The second-order valence-corrected chi connectivity index (χ2v) is 4.00. The number of fused-ring (bicyclic) bond motifs is 1. The maximum absolute atomic E-state index is 12.0. The van der Waals surface area contributed by atoms with Gasteiger partial charge in [0.2, 0.25) is 5.91 Å². The number of aromatic nitrogens is 1. The minimum atomic E-state index is -2.67. The lowest BCUT2D eigenvalue weighted by Gasteiger charge is -2.14. The summed E-state index contributed by atoms with van der Waals surface area (Å²) in [5.41, 5.74) is 1.07. The Kier molecular flexibility index (Phi) is 2.35. The van der Waals surface area contributed by atoms with Crippen LogP contribution in [0.5, 0.6) is 0 Å². The van der Waals surface area contributed by atoms with E-state index in [1.165, 1.54) is 11.0 Å². The molecule has 2 amide bonds. The molecule has 0 unspecified atom stereocenters. The SMILES string of the molecule is [2H]C([2H])([2H])C(=O)NCCN1Cc2nc(Cl)ccc2C1=O. The van der Waals surface area contributed by atoms with Gasteiger partial charge in [-0.25, -0.2) is 4.98 Å². The zero-order valence-electron chi connectivity index (χ0n) is 11.9. The van der Waals surface area contributed by atoms with Gasteiger partial charge in [0, 0.05) is 24.1 Å². The Balaban J connectivity index is 1.91. The number of nitrogens with zero attached hydrogens (tertiary/aromatic N) is 2. The van der Waals surface area contributed by atoms with Crippen LogP contribution in [0.15, 0.2) is 12.1 Å². The molecule has 5 nitrogen and oxygen atoms in total. The van der Waals surface area contributed by atoms with Gasteiger partial charge in [-0.2, -0.15) is 0 Å². The van der Waals surface area contributed by atoms with Crippen molar-refractivity contribution in [2.75, 3.05) is 13.1 Å². The summed E-state index contributed by atoms with van der Waals surface area (Å²) in [5.74, 6) is -1.23.